The van der Waals surface area contributed by atoms with E-state index in [0.29, 0.717) is 25.2 Å². The normalized spacial score (nSPS) is 33.7. The van der Waals surface area contributed by atoms with Gasteiger partial charge in [-0.2, -0.15) is 0 Å². The second-order valence-corrected chi connectivity index (χ2v) is 3.94. The zero-order valence-corrected chi connectivity index (χ0v) is 8.41. The van der Waals surface area contributed by atoms with Gasteiger partial charge in [0.05, 0.1) is 13.2 Å². The van der Waals surface area contributed by atoms with E-state index >= 15 is 0 Å². The fourth-order valence-electron chi connectivity index (χ4n) is 1.62. The molecule has 2 aliphatic rings. The Morgan fingerprint density at radius 1 is 1.50 bits per heavy atom. The first kappa shape index (κ1) is 9.68. The second-order valence-electron chi connectivity index (χ2n) is 3.94. The van der Waals surface area contributed by atoms with Crippen molar-refractivity contribution < 1.29 is 19.0 Å². The minimum absolute atomic E-state index is 0.120. The van der Waals surface area contributed by atoms with Crippen LogP contribution in [0, 0.1) is 0 Å². The summed E-state index contributed by atoms with van der Waals surface area (Å²) in [6.07, 6.45) is 2.37. The van der Waals surface area contributed by atoms with Gasteiger partial charge in [0.15, 0.2) is 5.79 Å². The number of carbonyl (C=O) groups excluding carboxylic acids is 1. The van der Waals surface area contributed by atoms with Crippen LogP contribution in [0.2, 0.25) is 0 Å². The molecule has 0 N–H and O–H groups in total. The molecule has 78 valence electrons. The van der Waals surface area contributed by atoms with E-state index in [0.717, 1.165) is 0 Å². The third kappa shape index (κ3) is 1.96. The van der Waals surface area contributed by atoms with Gasteiger partial charge >= 0.3 is 5.97 Å². The van der Waals surface area contributed by atoms with Gasteiger partial charge in [-0.25, -0.2) is 4.79 Å². The predicted molar refractivity (Wildman–Crippen MR) is 48.6 cm³/mol. The standard InChI is InChI=1S/C10H14O4/c1-10(2)13-6-8(14-10)5-7-3-4-12-9(7)11/h5,8H,3-4,6H2,1-2H3/b7-5-/t8-/m0/s1. The molecular weight excluding hydrogens is 184 g/mol. The van der Waals surface area contributed by atoms with Crippen LogP contribution in [0.25, 0.3) is 0 Å². The average molecular weight is 198 g/mol. The number of ether oxygens (including phenoxy) is 3. The summed E-state index contributed by atoms with van der Waals surface area (Å²) in [7, 11) is 0. The Bertz CT molecular complexity index is 280. The van der Waals surface area contributed by atoms with Crippen LogP contribution in [0.1, 0.15) is 20.3 Å². The fraction of sp³-hybridized carbons (Fsp3) is 0.700. The minimum atomic E-state index is -0.537. The zero-order chi connectivity index (χ0) is 10.2. The van der Waals surface area contributed by atoms with Gasteiger partial charge in [-0.1, -0.05) is 0 Å². The minimum Gasteiger partial charge on any atom is -0.462 e. The van der Waals surface area contributed by atoms with Crippen molar-refractivity contribution in [3.8, 4) is 0 Å². The highest BCUT2D eigenvalue weighted by Gasteiger charge is 2.32. The zero-order valence-electron chi connectivity index (χ0n) is 8.41. The van der Waals surface area contributed by atoms with Crippen LogP contribution in [0.15, 0.2) is 11.6 Å². The molecule has 0 unspecified atom stereocenters. The third-order valence-corrected chi connectivity index (χ3v) is 2.28. The van der Waals surface area contributed by atoms with Crippen LogP contribution in [0.4, 0.5) is 0 Å². The van der Waals surface area contributed by atoms with Gasteiger partial charge in [-0.3, -0.25) is 0 Å². The smallest absolute Gasteiger partial charge is 0.333 e. The Balaban J connectivity index is 2.01. The topological polar surface area (TPSA) is 44.8 Å². The SMILES string of the molecule is CC1(C)OC[C@H](/C=C2/CCOC2=O)O1. The summed E-state index contributed by atoms with van der Waals surface area (Å²) in [6, 6.07) is 0. The molecule has 2 rings (SSSR count). The van der Waals surface area contributed by atoms with Crippen molar-refractivity contribution in [1.82, 2.24) is 0 Å². The van der Waals surface area contributed by atoms with E-state index in [4.69, 9.17) is 14.2 Å². The Labute approximate surface area is 82.8 Å². The molecule has 2 saturated heterocycles. The van der Waals surface area contributed by atoms with Crippen molar-refractivity contribution in [3.63, 3.8) is 0 Å². The molecule has 2 fully saturated rings. The summed E-state index contributed by atoms with van der Waals surface area (Å²) in [5, 5.41) is 0. The van der Waals surface area contributed by atoms with Crippen LogP contribution < -0.4 is 0 Å². The average Bonchev–Trinajstić information content (AvgIpc) is 2.61. The lowest BCUT2D eigenvalue weighted by atomic mass is 10.2. The monoisotopic (exact) mass is 198 g/mol. The molecule has 0 radical (unpaired) electrons. The van der Waals surface area contributed by atoms with Gasteiger partial charge in [-0.15, -0.1) is 0 Å². The summed E-state index contributed by atoms with van der Waals surface area (Å²) >= 11 is 0. The third-order valence-electron chi connectivity index (χ3n) is 2.28. The first-order valence-corrected chi connectivity index (χ1v) is 4.76. The van der Waals surface area contributed by atoms with Crippen molar-refractivity contribution in [2.75, 3.05) is 13.2 Å². The molecule has 0 aliphatic carbocycles. The number of hydrogen-bond donors (Lipinski definition) is 0. The van der Waals surface area contributed by atoms with E-state index in [9.17, 15) is 4.79 Å². The molecule has 0 bridgehead atoms. The highest BCUT2D eigenvalue weighted by atomic mass is 16.7. The number of hydrogen-bond acceptors (Lipinski definition) is 4. The molecule has 2 aliphatic heterocycles. The molecule has 0 aromatic carbocycles. The van der Waals surface area contributed by atoms with Gasteiger partial charge in [0.2, 0.25) is 0 Å². The van der Waals surface area contributed by atoms with Crippen LogP contribution in [0.3, 0.4) is 0 Å². The molecule has 4 nitrogen and oxygen atoms in total. The lowest BCUT2D eigenvalue weighted by molar-refractivity contribution is -0.136. The molecule has 1 atom stereocenters. The first-order valence-electron chi connectivity index (χ1n) is 4.76. The van der Waals surface area contributed by atoms with E-state index in [2.05, 4.69) is 0 Å². The summed E-state index contributed by atoms with van der Waals surface area (Å²) in [5.74, 6) is -0.761. The molecule has 2 heterocycles. The first-order chi connectivity index (χ1) is 6.57. The molecule has 0 aromatic heterocycles. The van der Waals surface area contributed by atoms with Crippen molar-refractivity contribution >= 4 is 5.97 Å². The number of esters is 1. The van der Waals surface area contributed by atoms with Crippen LogP contribution in [-0.4, -0.2) is 31.1 Å². The maximum atomic E-state index is 11.1. The van der Waals surface area contributed by atoms with Crippen LogP contribution >= 0.6 is 0 Å². The summed E-state index contributed by atoms with van der Waals surface area (Å²) in [6.45, 7) is 4.71. The summed E-state index contributed by atoms with van der Waals surface area (Å²) in [5.41, 5.74) is 0.705. The Morgan fingerprint density at radius 2 is 2.29 bits per heavy atom. The highest BCUT2D eigenvalue weighted by Crippen LogP contribution is 2.25. The predicted octanol–water partition coefficient (Wildman–Crippen LogP) is 1.01. The highest BCUT2D eigenvalue weighted by molar-refractivity contribution is 5.90. The van der Waals surface area contributed by atoms with Gasteiger partial charge < -0.3 is 14.2 Å². The molecule has 14 heavy (non-hydrogen) atoms. The molecule has 0 saturated carbocycles. The molecule has 0 aromatic rings. The van der Waals surface area contributed by atoms with Crippen LogP contribution in [-0.2, 0) is 19.0 Å². The molecule has 0 spiro atoms. The van der Waals surface area contributed by atoms with Crippen LogP contribution in [0.5, 0.6) is 0 Å². The van der Waals surface area contributed by atoms with Crippen molar-refractivity contribution in [2.45, 2.75) is 32.2 Å². The quantitative estimate of drug-likeness (QED) is 0.466. The molecule has 0 amide bonds. The number of rotatable bonds is 1. The van der Waals surface area contributed by atoms with Gasteiger partial charge in [0.25, 0.3) is 0 Å². The van der Waals surface area contributed by atoms with Gasteiger partial charge in [-0.05, 0) is 19.9 Å². The van der Waals surface area contributed by atoms with E-state index < -0.39 is 5.79 Å². The van der Waals surface area contributed by atoms with E-state index in [1.54, 1.807) is 0 Å². The lowest BCUT2D eigenvalue weighted by Gasteiger charge is -2.15. The van der Waals surface area contributed by atoms with E-state index in [1.807, 2.05) is 19.9 Å². The Kier molecular flexibility index (Phi) is 2.33. The summed E-state index contributed by atoms with van der Waals surface area (Å²) in [4.78, 5) is 11.1. The largest absolute Gasteiger partial charge is 0.462 e. The maximum Gasteiger partial charge on any atom is 0.333 e. The number of cyclic esters (lactones) is 1. The fourth-order valence-corrected chi connectivity index (χ4v) is 1.62. The van der Waals surface area contributed by atoms with Crippen molar-refractivity contribution in [3.05, 3.63) is 11.6 Å². The maximum absolute atomic E-state index is 11.1. The van der Waals surface area contributed by atoms with Gasteiger partial charge in [0, 0.05) is 12.0 Å². The molecular formula is C10H14O4. The Morgan fingerprint density at radius 3 is 2.79 bits per heavy atom. The van der Waals surface area contributed by atoms with E-state index in [-0.39, 0.29) is 12.1 Å². The van der Waals surface area contributed by atoms with Crippen molar-refractivity contribution in [1.29, 1.82) is 0 Å². The lowest BCUT2D eigenvalue weighted by Crippen LogP contribution is -2.21. The second kappa shape index (κ2) is 3.37. The van der Waals surface area contributed by atoms with Gasteiger partial charge in [0.1, 0.15) is 6.10 Å². The summed E-state index contributed by atoms with van der Waals surface area (Å²) < 4.78 is 15.8. The molecule has 4 heteroatoms. The van der Waals surface area contributed by atoms with E-state index in [1.165, 1.54) is 0 Å². The Hall–Kier alpha value is -0.870. The van der Waals surface area contributed by atoms with Crippen molar-refractivity contribution in [2.24, 2.45) is 0 Å². The number of carbonyl (C=O) groups is 1.